The molecule has 0 saturated heterocycles. The Bertz CT molecular complexity index is 1360. The number of methoxy groups -OCH3 is 2. The minimum absolute atomic E-state index is 0.0165. The Morgan fingerprint density at radius 3 is 2.53 bits per heavy atom. The van der Waals surface area contributed by atoms with Gasteiger partial charge in [-0.15, -0.1) is 0 Å². The Morgan fingerprint density at radius 1 is 1.11 bits per heavy atom. The molecule has 7 nitrogen and oxygen atoms in total. The molecule has 0 unspecified atom stereocenters. The zero-order valence-corrected chi connectivity index (χ0v) is 23.4. The van der Waals surface area contributed by atoms with E-state index in [-0.39, 0.29) is 17.8 Å². The van der Waals surface area contributed by atoms with Gasteiger partial charge in [0.05, 0.1) is 41.3 Å². The maximum Gasteiger partial charge on any atom is 0.162 e. The highest BCUT2D eigenvalue weighted by molar-refractivity contribution is 6.42. The van der Waals surface area contributed by atoms with E-state index in [1.165, 1.54) is 0 Å². The third kappa shape index (κ3) is 5.49. The highest BCUT2D eigenvalue weighted by Gasteiger charge is 2.44. The molecule has 0 fully saturated rings. The van der Waals surface area contributed by atoms with Crippen molar-refractivity contribution in [1.29, 1.82) is 5.26 Å². The number of halogens is 2. The van der Waals surface area contributed by atoms with Gasteiger partial charge in [0, 0.05) is 31.3 Å². The zero-order valence-electron chi connectivity index (χ0n) is 21.9. The van der Waals surface area contributed by atoms with E-state index in [1.54, 1.807) is 32.4 Å². The summed E-state index contributed by atoms with van der Waals surface area (Å²) in [5.74, 6) is 0.752. The first-order valence-corrected chi connectivity index (χ1v) is 13.0. The summed E-state index contributed by atoms with van der Waals surface area (Å²) < 4.78 is 16.9. The quantitative estimate of drug-likeness (QED) is 0.428. The van der Waals surface area contributed by atoms with Gasteiger partial charge in [-0.05, 0) is 47.2 Å². The van der Waals surface area contributed by atoms with Crippen molar-refractivity contribution in [2.24, 2.45) is 11.1 Å². The number of nitrogens with two attached hydrogens (primary N) is 1. The number of nitriles is 1. The molecule has 0 radical (unpaired) electrons. The van der Waals surface area contributed by atoms with Crippen LogP contribution in [0, 0.1) is 16.7 Å². The van der Waals surface area contributed by atoms with Crippen LogP contribution < -0.4 is 15.2 Å². The van der Waals surface area contributed by atoms with Crippen LogP contribution in [0.5, 0.6) is 11.5 Å². The van der Waals surface area contributed by atoms with Gasteiger partial charge >= 0.3 is 0 Å². The Morgan fingerprint density at radius 2 is 1.87 bits per heavy atom. The number of rotatable bonds is 8. The predicted molar refractivity (Wildman–Crippen MR) is 147 cm³/mol. The Balaban J connectivity index is 1.74. The summed E-state index contributed by atoms with van der Waals surface area (Å²) >= 11 is 12.1. The Kier molecular flexibility index (Phi) is 8.27. The van der Waals surface area contributed by atoms with Gasteiger partial charge in [-0.2, -0.15) is 5.26 Å². The van der Waals surface area contributed by atoms with Gasteiger partial charge in [0.2, 0.25) is 0 Å². The molecular weight excluding hydrogens is 525 g/mol. The summed E-state index contributed by atoms with van der Waals surface area (Å²) in [6, 6.07) is 13.0. The average Bonchev–Trinajstić information content (AvgIpc) is 2.87. The molecule has 0 amide bonds. The summed E-state index contributed by atoms with van der Waals surface area (Å²) in [5, 5.41) is 11.1. The van der Waals surface area contributed by atoms with Crippen molar-refractivity contribution in [2.45, 2.75) is 39.2 Å². The lowest BCUT2D eigenvalue weighted by atomic mass is 9.68. The summed E-state index contributed by atoms with van der Waals surface area (Å²) in [6.45, 7) is 5.26. The lowest BCUT2D eigenvalue weighted by Gasteiger charge is -2.43. The van der Waals surface area contributed by atoms with E-state index in [9.17, 15) is 10.1 Å². The largest absolute Gasteiger partial charge is 0.493 e. The van der Waals surface area contributed by atoms with Crippen molar-refractivity contribution in [3.63, 3.8) is 0 Å². The van der Waals surface area contributed by atoms with Crippen LogP contribution in [0.3, 0.4) is 0 Å². The number of carbonyl (C=O) groups is 1. The van der Waals surface area contributed by atoms with Crippen molar-refractivity contribution >= 4 is 29.0 Å². The molecule has 200 valence electrons. The van der Waals surface area contributed by atoms with E-state index in [1.807, 2.05) is 23.1 Å². The lowest BCUT2D eigenvalue weighted by molar-refractivity contribution is -0.118. The van der Waals surface area contributed by atoms with Crippen LogP contribution in [-0.4, -0.2) is 38.1 Å². The van der Waals surface area contributed by atoms with Gasteiger partial charge in [0.25, 0.3) is 0 Å². The monoisotopic (exact) mass is 555 g/mol. The smallest absolute Gasteiger partial charge is 0.162 e. The Hall–Kier alpha value is -3.18. The van der Waals surface area contributed by atoms with Crippen LogP contribution in [0.15, 0.2) is 59.1 Å². The molecule has 0 spiro atoms. The van der Waals surface area contributed by atoms with Crippen LogP contribution in [0.2, 0.25) is 10.0 Å². The summed E-state index contributed by atoms with van der Waals surface area (Å²) in [7, 11) is 3.16. The number of nitrogens with zero attached hydrogens (tertiary/aromatic N) is 2. The Labute approximate surface area is 233 Å². The van der Waals surface area contributed by atoms with E-state index in [0.717, 1.165) is 16.8 Å². The first-order chi connectivity index (χ1) is 18.1. The molecule has 2 aromatic carbocycles. The number of hydrogen-bond donors (Lipinski definition) is 1. The molecule has 2 N–H and O–H groups in total. The van der Waals surface area contributed by atoms with E-state index in [2.05, 4.69) is 19.9 Å². The fraction of sp³-hybridized carbons (Fsp3) is 0.379. The molecule has 1 aliphatic carbocycles. The number of Topliss-reactive ketones (excluding diaryl/α,β-unsaturated/α-hetero) is 1. The number of allylic oxidation sites excluding steroid dienone is 3. The highest BCUT2D eigenvalue weighted by atomic mass is 35.5. The van der Waals surface area contributed by atoms with E-state index >= 15 is 0 Å². The van der Waals surface area contributed by atoms with Crippen LogP contribution in [0.4, 0.5) is 0 Å². The van der Waals surface area contributed by atoms with Gasteiger partial charge in [-0.1, -0.05) is 49.2 Å². The van der Waals surface area contributed by atoms with Crippen molar-refractivity contribution in [1.82, 2.24) is 4.90 Å². The van der Waals surface area contributed by atoms with Crippen LogP contribution >= 0.6 is 23.2 Å². The molecule has 0 aromatic heterocycles. The third-order valence-corrected chi connectivity index (χ3v) is 7.64. The van der Waals surface area contributed by atoms with Gasteiger partial charge in [0.1, 0.15) is 12.4 Å². The molecule has 2 aromatic rings. The number of benzene rings is 2. The van der Waals surface area contributed by atoms with Gasteiger partial charge in [-0.3, -0.25) is 4.79 Å². The molecule has 1 heterocycles. The topological polar surface area (TPSA) is 97.8 Å². The molecule has 9 heteroatoms. The molecule has 2 aliphatic rings. The standard InChI is InChI=1S/C29H31Cl2N3O4/c1-29(2)13-22-27(23(35)14-29)26(19(15-32)28(33)34(22)9-10-36-3)18-6-8-24(25(12-18)37-4)38-16-17-5-7-20(30)21(31)11-17/h5-8,11-12,26H,9-10,13-14,16,33H2,1-4H3/t26-/m1/s1. The van der Waals surface area contributed by atoms with Crippen molar-refractivity contribution in [3.8, 4) is 17.6 Å². The summed E-state index contributed by atoms with van der Waals surface area (Å²) in [6.07, 6.45) is 1.05. The number of ketones is 1. The summed E-state index contributed by atoms with van der Waals surface area (Å²) in [4.78, 5) is 15.5. The van der Waals surface area contributed by atoms with E-state index < -0.39 is 5.92 Å². The van der Waals surface area contributed by atoms with Crippen molar-refractivity contribution in [2.75, 3.05) is 27.4 Å². The van der Waals surface area contributed by atoms with Crippen LogP contribution in [-0.2, 0) is 16.1 Å². The molecular formula is C29H31Cl2N3O4. The number of hydrogen-bond acceptors (Lipinski definition) is 7. The molecule has 38 heavy (non-hydrogen) atoms. The minimum atomic E-state index is -0.601. The van der Waals surface area contributed by atoms with Gasteiger partial charge < -0.3 is 24.8 Å². The summed E-state index contributed by atoms with van der Waals surface area (Å²) in [5.41, 5.74) is 9.73. The minimum Gasteiger partial charge on any atom is -0.493 e. The van der Waals surface area contributed by atoms with Crippen LogP contribution in [0.1, 0.15) is 43.7 Å². The predicted octanol–water partition coefficient (Wildman–Crippen LogP) is 5.96. The third-order valence-electron chi connectivity index (χ3n) is 6.91. The van der Waals surface area contributed by atoms with E-state index in [0.29, 0.717) is 64.5 Å². The van der Waals surface area contributed by atoms with Crippen molar-refractivity contribution in [3.05, 3.63) is 80.2 Å². The molecule has 4 rings (SSSR count). The van der Waals surface area contributed by atoms with Crippen LogP contribution in [0.25, 0.3) is 0 Å². The SMILES string of the molecule is COCCN1C(N)=C(C#N)[C@@H](c2ccc(OCc3ccc(Cl)c(Cl)c3)c(OC)c2)C2=C1CC(C)(C)CC2=O. The van der Waals surface area contributed by atoms with Crippen molar-refractivity contribution < 1.29 is 19.0 Å². The number of ether oxygens (including phenoxy) is 3. The maximum absolute atomic E-state index is 13.6. The van der Waals surface area contributed by atoms with E-state index in [4.69, 9.17) is 43.1 Å². The fourth-order valence-electron chi connectivity index (χ4n) is 5.12. The average molecular weight is 556 g/mol. The molecule has 0 saturated carbocycles. The normalized spacial score (nSPS) is 18.8. The lowest BCUT2D eigenvalue weighted by Crippen LogP contribution is -2.43. The second kappa shape index (κ2) is 11.3. The maximum atomic E-state index is 13.6. The zero-order chi connectivity index (χ0) is 27.6. The van der Waals surface area contributed by atoms with Gasteiger partial charge in [-0.25, -0.2) is 0 Å². The second-order valence-corrected chi connectivity index (χ2v) is 11.1. The first-order valence-electron chi connectivity index (χ1n) is 12.3. The highest BCUT2D eigenvalue weighted by Crippen LogP contribution is 2.49. The molecule has 1 aliphatic heterocycles. The molecule has 0 bridgehead atoms. The second-order valence-electron chi connectivity index (χ2n) is 10.2. The number of carbonyl (C=O) groups excluding carboxylic acids is 1. The fourth-order valence-corrected chi connectivity index (χ4v) is 5.44. The first kappa shape index (κ1) is 27.8. The molecule has 1 atom stereocenters. The van der Waals surface area contributed by atoms with Gasteiger partial charge in [0.15, 0.2) is 17.3 Å².